The topological polar surface area (TPSA) is 80.9 Å². The third-order valence-electron chi connectivity index (χ3n) is 26.3. The van der Waals surface area contributed by atoms with Gasteiger partial charge in [-0.2, -0.15) is 26.3 Å². The van der Waals surface area contributed by atoms with Crippen molar-refractivity contribution < 1.29 is 46.8 Å². The molecule has 10 rings (SSSR count). The summed E-state index contributed by atoms with van der Waals surface area (Å²) in [6, 6.07) is 0. The first-order chi connectivity index (χ1) is 33.8. The highest BCUT2D eigenvalue weighted by Crippen LogP contribution is 2.71. The molecule has 10 saturated carbocycles. The number of halogens is 6. The van der Waals surface area contributed by atoms with E-state index in [4.69, 9.17) is 0 Å². The van der Waals surface area contributed by atoms with E-state index in [0.29, 0.717) is 94.7 Å². The lowest BCUT2D eigenvalue weighted by Gasteiger charge is -2.62. The van der Waals surface area contributed by atoms with Gasteiger partial charge in [-0.05, 0) is 271 Å². The van der Waals surface area contributed by atoms with E-state index in [0.717, 1.165) is 64.2 Å². The van der Waals surface area contributed by atoms with Crippen molar-refractivity contribution in [3.8, 4) is 0 Å². The SMILES string of the molecule is C[C@H](CC[C@@H](O)C1CCCCC1)[C@H]1CC[C@H]2[C@@H]3CC[C@H]4C[C@](O)(C(F)(F)F)CC[C@]4(C)[C@H]3CC[C@]12C.C[C@H](CC[C@H](O)C1CCCCC1)[C@H]1CC[C@H]2[C@@H]3CC[C@H]4C[C@](O)(C(F)(F)F)CC[C@]4(C)[C@H]3CC[C@]12C. The zero-order valence-corrected chi connectivity index (χ0v) is 45.9. The second-order valence-electron chi connectivity index (χ2n) is 29.3. The molecule has 0 radical (unpaired) electrons. The molecule has 0 aliphatic heterocycles. The molecule has 0 bridgehead atoms. The number of hydrogen-bond acceptors (Lipinski definition) is 4. The molecule has 10 aliphatic carbocycles. The molecule has 0 saturated heterocycles. The minimum atomic E-state index is -4.52. The standard InChI is InChI=1S/2C31H51F3O2/c2*1-20(9-14-27(35)21-7-5-4-6-8-21)24-12-13-25-23-11-10-22-19-30(36,31(32,33)34)18-17-28(22,2)26(23)15-16-29(24,25)3/h2*20-27,35-36H,4-19H2,1-3H3/t20-,22+,23+,24-,25+,26+,27+,28+,29-,30+;20-,22+,23+,24-,25+,26+,27-,28+,29-,30+/m11/s1. The molecular formula is C62H102F6O4. The maximum absolute atomic E-state index is 13.6. The van der Waals surface area contributed by atoms with Crippen LogP contribution < -0.4 is 0 Å². The van der Waals surface area contributed by atoms with Gasteiger partial charge in [0.2, 0.25) is 0 Å². The minimum absolute atomic E-state index is 0.0131. The van der Waals surface area contributed by atoms with Crippen LogP contribution in [0, 0.1) is 105 Å². The number of fused-ring (bicyclic) bond motifs is 10. The Morgan fingerprint density at radius 3 is 1.10 bits per heavy atom. The Hall–Kier alpha value is -0.580. The molecule has 0 aromatic rings. The van der Waals surface area contributed by atoms with Crippen molar-refractivity contribution in [2.75, 3.05) is 0 Å². The summed E-state index contributed by atoms with van der Waals surface area (Å²) >= 11 is 0. The quantitative estimate of drug-likeness (QED) is 0.164. The van der Waals surface area contributed by atoms with Gasteiger partial charge in [-0.25, -0.2) is 0 Å². The van der Waals surface area contributed by atoms with E-state index in [1.165, 1.54) is 103 Å². The maximum atomic E-state index is 13.6. The van der Waals surface area contributed by atoms with Crippen molar-refractivity contribution in [2.45, 2.75) is 283 Å². The maximum Gasteiger partial charge on any atom is 0.417 e. The van der Waals surface area contributed by atoms with Gasteiger partial charge in [0.1, 0.15) is 0 Å². The third-order valence-corrected chi connectivity index (χ3v) is 26.3. The van der Waals surface area contributed by atoms with Gasteiger partial charge in [0, 0.05) is 0 Å². The molecular weight excluding hydrogens is 923 g/mol. The lowest BCUT2D eigenvalue weighted by Crippen LogP contribution is -2.59. The van der Waals surface area contributed by atoms with Gasteiger partial charge < -0.3 is 20.4 Å². The van der Waals surface area contributed by atoms with Gasteiger partial charge in [-0.15, -0.1) is 0 Å². The van der Waals surface area contributed by atoms with Crippen molar-refractivity contribution in [3.63, 3.8) is 0 Å². The van der Waals surface area contributed by atoms with Crippen LogP contribution in [0.5, 0.6) is 0 Å². The molecule has 10 fully saturated rings. The second-order valence-corrected chi connectivity index (χ2v) is 29.3. The molecule has 20 atom stereocenters. The van der Waals surface area contributed by atoms with E-state index in [9.17, 15) is 46.8 Å². The lowest BCUT2D eigenvalue weighted by atomic mass is 9.43. The molecule has 4 nitrogen and oxygen atoms in total. The molecule has 416 valence electrons. The van der Waals surface area contributed by atoms with Gasteiger partial charge in [0.25, 0.3) is 0 Å². The Morgan fingerprint density at radius 1 is 0.403 bits per heavy atom. The van der Waals surface area contributed by atoms with Crippen LogP contribution in [0.2, 0.25) is 0 Å². The first kappa shape index (κ1) is 56.2. The Morgan fingerprint density at radius 2 is 0.750 bits per heavy atom. The molecule has 72 heavy (non-hydrogen) atoms. The summed E-state index contributed by atoms with van der Waals surface area (Å²) in [4.78, 5) is 0. The summed E-state index contributed by atoms with van der Waals surface area (Å²) in [5, 5.41) is 42.7. The Balaban J connectivity index is 0.000000178. The van der Waals surface area contributed by atoms with Crippen LogP contribution in [-0.4, -0.2) is 56.2 Å². The van der Waals surface area contributed by atoms with Crippen LogP contribution in [0.3, 0.4) is 0 Å². The second kappa shape index (κ2) is 20.9. The van der Waals surface area contributed by atoms with Crippen LogP contribution in [0.4, 0.5) is 26.3 Å². The normalized spacial score (nSPS) is 47.5. The summed E-state index contributed by atoms with van der Waals surface area (Å²) in [5.74, 6) is 7.30. The third kappa shape index (κ3) is 10.1. The van der Waals surface area contributed by atoms with E-state index in [1.807, 2.05) is 0 Å². The van der Waals surface area contributed by atoms with Crippen LogP contribution in [0.25, 0.3) is 0 Å². The highest BCUT2D eigenvalue weighted by Gasteiger charge is 2.67. The smallest absolute Gasteiger partial charge is 0.393 e. The van der Waals surface area contributed by atoms with Crippen molar-refractivity contribution >= 4 is 0 Å². The number of rotatable bonds is 10. The van der Waals surface area contributed by atoms with Crippen LogP contribution >= 0.6 is 0 Å². The molecule has 0 unspecified atom stereocenters. The van der Waals surface area contributed by atoms with Crippen LogP contribution in [-0.2, 0) is 0 Å². The fraction of sp³-hybridized carbons (Fsp3) is 1.00. The molecule has 4 N–H and O–H groups in total. The molecule has 0 spiro atoms. The molecule has 0 aromatic carbocycles. The summed E-state index contributed by atoms with van der Waals surface area (Å²) < 4.78 is 81.8. The van der Waals surface area contributed by atoms with Gasteiger partial charge in [0.15, 0.2) is 11.2 Å². The van der Waals surface area contributed by atoms with Crippen molar-refractivity contribution in [1.29, 1.82) is 0 Å². The predicted octanol–water partition coefficient (Wildman–Crippen LogP) is 16.6. The average Bonchev–Trinajstić information content (AvgIpc) is 3.90. The zero-order chi connectivity index (χ0) is 51.9. The zero-order valence-electron chi connectivity index (χ0n) is 45.9. The van der Waals surface area contributed by atoms with Crippen molar-refractivity contribution in [2.24, 2.45) is 105 Å². The van der Waals surface area contributed by atoms with Crippen molar-refractivity contribution in [3.05, 3.63) is 0 Å². The van der Waals surface area contributed by atoms with E-state index >= 15 is 0 Å². The summed E-state index contributed by atoms with van der Waals surface area (Å²) in [6.07, 6.45) is 21.5. The van der Waals surface area contributed by atoms with Crippen molar-refractivity contribution in [1.82, 2.24) is 0 Å². The Kier molecular flexibility index (Phi) is 16.3. The van der Waals surface area contributed by atoms with Gasteiger partial charge in [-0.1, -0.05) is 80.1 Å². The lowest BCUT2D eigenvalue weighted by molar-refractivity contribution is -0.290. The highest BCUT2D eigenvalue weighted by molar-refractivity contribution is 5.14. The first-order valence-corrected chi connectivity index (χ1v) is 30.7. The van der Waals surface area contributed by atoms with E-state index in [1.54, 1.807) is 0 Å². The number of hydrogen-bond donors (Lipinski definition) is 4. The minimum Gasteiger partial charge on any atom is -0.393 e. The predicted molar refractivity (Wildman–Crippen MR) is 274 cm³/mol. The number of aliphatic hydroxyl groups excluding tert-OH is 2. The van der Waals surface area contributed by atoms with Gasteiger partial charge in [-0.3, -0.25) is 0 Å². The molecule has 10 heteroatoms. The summed E-state index contributed by atoms with van der Waals surface area (Å²) in [6.45, 7) is 14.5. The fourth-order valence-corrected chi connectivity index (χ4v) is 21.7. The highest BCUT2D eigenvalue weighted by atomic mass is 19.4. The molecule has 0 aromatic heterocycles. The van der Waals surface area contributed by atoms with E-state index < -0.39 is 23.6 Å². The van der Waals surface area contributed by atoms with E-state index in [-0.39, 0.29) is 60.6 Å². The molecule has 0 amide bonds. The van der Waals surface area contributed by atoms with Crippen LogP contribution in [0.1, 0.15) is 247 Å². The largest absolute Gasteiger partial charge is 0.417 e. The summed E-state index contributed by atoms with van der Waals surface area (Å²) in [7, 11) is 0. The van der Waals surface area contributed by atoms with E-state index in [2.05, 4.69) is 41.5 Å². The number of alkyl halides is 6. The van der Waals surface area contributed by atoms with Crippen LogP contribution in [0.15, 0.2) is 0 Å². The van der Waals surface area contributed by atoms with Gasteiger partial charge >= 0.3 is 12.4 Å². The fourth-order valence-electron chi connectivity index (χ4n) is 21.7. The average molecular weight is 1030 g/mol. The van der Waals surface area contributed by atoms with Gasteiger partial charge in [0.05, 0.1) is 12.2 Å². The summed E-state index contributed by atoms with van der Waals surface area (Å²) in [5.41, 5.74) is -4.42. The first-order valence-electron chi connectivity index (χ1n) is 30.7. The molecule has 0 heterocycles. The monoisotopic (exact) mass is 1020 g/mol. The Bertz CT molecular complexity index is 1680. The Labute approximate surface area is 432 Å². The molecule has 10 aliphatic rings. The number of aliphatic hydroxyl groups is 4.